The first-order chi connectivity index (χ1) is 9.58. The molecule has 0 spiro atoms. The van der Waals surface area contributed by atoms with Crippen LogP contribution in [0.4, 0.5) is 10.1 Å². The van der Waals surface area contributed by atoms with Crippen molar-refractivity contribution in [2.75, 3.05) is 31.8 Å². The summed E-state index contributed by atoms with van der Waals surface area (Å²) in [5.74, 6) is -1.20. The topological polar surface area (TPSA) is 62.6 Å². The molecule has 1 fully saturated rings. The van der Waals surface area contributed by atoms with E-state index >= 15 is 0 Å². The number of morpholine rings is 1. The lowest BCUT2D eigenvalue weighted by atomic mass is 10.1. The maximum absolute atomic E-state index is 13.6. The summed E-state index contributed by atoms with van der Waals surface area (Å²) in [4.78, 5) is 13.5. The van der Waals surface area contributed by atoms with Crippen LogP contribution in [0.3, 0.4) is 0 Å². The first kappa shape index (κ1) is 14.8. The van der Waals surface area contributed by atoms with Crippen molar-refractivity contribution in [3.8, 4) is 6.07 Å². The molecule has 1 aliphatic rings. The summed E-state index contributed by atoms with van der Waals surface area (Å²) in [7, 11) is 1.23. The zero-order valence-corrected chi connectivity index (χ0v) is 12.3. The predicted octanol–water partition coefficient (Wildman–Crippen LogP) is 2.10. The molecule has 0 N–H and O–H groups in total. The van der Waals surface area contributed by atoms with Crippen LogP contribution >= 0.6 is 15.9 Å². The van der Waals surface area contributed by atoms with E-state index in [1.54, 1.807) is 4.90 Å². The van der Waals surface area contributed by atoms with Crippen molar-refractivity contribution >= 4 is 27.6 Å². The number of ether oxygens (including phenoxy) is 2. The second-order valence-electron chi connectivity index (χ2n) is 4.19. The molecule has 106 valence electrons. The molecule has 5 nitrogen and oxygen atoms in total. The SMILES string of the molecule is COC(=O)c1cc(F)c(Br)cc1N1CCOCC1C#N. The van der Waals surface area contributed by atoms with E-state index in [0.29, 0.717) is 18.8 Å². The minimum atomic E-state index is -0.644. The number of methoxy groups -OCH3 is 1. The Labute approximate surface area is 124 Å². The van der Waals surface area contributed by atoms with Crippen LogP contribution in [0, 0.1) is 17.1 Å². The number of hydrogen-bond donors (Lipinski definition) is 0. The van der Waals surface area contributed by atoms with Gasteiger partial charge in [-0.2, -0.15) is 5.26 Å². The number of esters is 1. The second kappa shape index (κ2) is 6.20. The molecule has 1 unspecified atom stereocenters. The monoisotopic (exact) mass is 342 g/mol. The van der Waals surface area contributed by atoms with Crippen molar-refractivity contribution in [3.63, 3.8) is 0 Å². The van der Waals surface area contributed by atoms with Gasteiger partial charge in [-0.1, -0.05) is 0 Å². The molecule has 0 radical (unpaired) electrons. The van der Waals surface area contributed by atoms with Crippen molar-refractivity contribution in [1.82, 2.24) is 0 Å². The fourth-order valence-electron chi connectivity index (χ4n) is 2.05. The molecule has 0 bridgehead atoms. The number of carbonyl (C=O) groups is 1. The molecular weight excluding hydrogens is 331 g/mol. The highest BCUT2D eigenvalue weighted by atomic mass is 79.9. The Morgan fingerprint density at radius 2 is 2.40 bits per heavy atom. The Morgan fingerprint density at radius 3 is 3.05 bits per heavy atom. The Kier molecular flexibility index (Phi) is 4.57. The van der Waals surface area contributed by atoms with Crippen LogP contribution in [0.25, 0.3) is 0 Å². The Balaban J connectivity index is 2.51. The molecule has 1 aliphatic heterocycles. The lowest BCUT2D eigenvalue weighted by Crippen LogP contribution is -2.45. The Bertz CT molecular complexity index is 573. The summed E-state index contributed by atoms with van der Waals surface area (Å²) in [6.45, 7) is 1.13. The van der Waals surface area contributed by atoms with Gasteiger partial charge in [0, 0.05) is 6.54 Å². The van der Waals surface area contributed by atoms with Gasteiger partial charge < -0.3 is 14.4 Å². The first-order valence-electron chi connectivity index (χ1n) is 5.90. The molecule has 1 saturated heterocycles. The van der Waals surface area contributed by atoms with E-state index in [1.807, 2.05) is 0 Å². The lowest BCUT2D eigenvalue weighted by Gasteiger charge is -2.34. The van der Waals surface area contributed by atoms with Crippen LogP contribution in [-0.4, -0.2) is 38.9 Å². The summed E-state index contributed by atoms with van der Waals surface area (Å²) < 4.78 is 23.8. The zero-order valence-electron chi connectivity index (χ0n) is 10.7. The maximum atomic E-state index is 13.6. The zero-order chi connectivity index (χ0) is 14.7. The van der Waals surface area contributed by atoms with Crippen molar-refractivity contribution in [2.45, 2.75) is 6.04 Å². The first-order valence-corrected chi connectivity index (χ1v) is 6.69. The molecule has 1 aromatic rings. The van der Waals surface area contributed by atoms with E-state index in [9.17, 15) is 9.18 Å². The van der Waals surface area contributed by atoms with Gasteiger partial charge in [0.25, 0.3) is 0 Å². The molecule has 2 rings (SSSR count). The van der Waals surface area contributed by atoms with Gasteiger partial charge in [-0.25, -0.2) is 9.18 Å². The summed E-state index contributed by atoms with van der Waals surface area (Å²) in [6, 6.07) is 4.18. The summed E-state index contributed by atoms with van der Waals surface area (Å²) in [5.41, 5.74) is 0.551. The molecule has 1 aromatic carbocycles. The van der Waals surface area contributed by atoms with Crippen molar-refractivity contribution < 1.29 is 18.7 Å². The van der Waals surface area contributed by atoms with Gasteiger partial charge in [-0.3, -0.25) is 0 Å². The largest absolute Gasteiger partial charge is 0.465 e. The highest BCUT2D eigenvalue weighted by Gasteiger charge is 2.28. The second-order valence-corrected chi connectivity index (χ2v) is 5.04. The van der Waals surface area contributed by atoms with Gasteiger partial charge >= 0.3 is 5.97 Å². The molecule has 0 aliphatic carbocycles. The van der Waals surface area contributed by atoms with Crippen LogP contribution in [0.15, 0.2) is 16.6 Å². The Morgan fingerprint density at radius 1 is 1.65 bits per heavy atom. The van der Waals surface area contributed by atoms with Crippen LogP contribution in [-0.2, 0) is 9.47 Å². The quantitative estimate of drug-likeness (QED) is 0.770. The van der Waals surface area contributed by atoms with Gasteiger partial charge in [0.1, 0.15) is 11.9 Å². The number of rotatable bonds is 2. The average molecular weight is 343 g/mol. The number of nitrogens with zero attached hydrogens (tertiary/aromatic N) is 2. The van der Waals surface area contributed by atoms with E-state index in [2.05, 4.69) is 26.7 Å². The standard InChI is InChI=1S/C13H12BrFN2O3/c1-19-13(18)9-4-11(15)10(14)5-12(9)17-2-3-20-7-8(17)6-16/h4-5,8H,2-3,7H2,1H3. The summed E-state index contributed by atoms with van der Waals surface area (Å²) in [5, 5.41) is 9.16. The average Bonchev–Trinajstić information content (AvgIpc) is 2.48. The number of hydrogen-bond acceptors (Lipinski definition) is 5. The van der Waals surface area contributed by atoms with Gasteiger partial charge in [0.15, 0.2) is 0 Å². The molecule has 1 heterocycles. The normalized spacial score (nSPS) is 18.5. The number of benzene rings is 1. The van der Waals surface area contributed by atoms with Crippen molar-refractivity contribution in [3.05, 3.63) is 28.0 Å². The number of nitriles is 1. The van der Waals surface area contributed by atoms with Crippen molar-refractivity contribution in [2.24, 2.45) is 0 Å². The van der Waals surface area contributed by atoms with Gasteiger partial charge in [-0.15, -0.1) is 0 Å². The van der Waals surface area contributed by atoms with E-state index in [-0.39, 0.29) is 16.6 Å². The van der Waals surface area contributed by atoms with E-state index in [4.69, 9.17) is 10.00 Å². The lowest BCUT2D eigenvalue weighted by molar-refractivity contribution is 0.0599. The smallest absolute Gasteiger partial charge is 0.340 e. The van der Waals surface area contributed by atoms with Crippen LogP contribution < -0.4 is 4.90 Å². The molecule has 0 amide bonds. The molecule has 1 atom stereocenters. The minimum absolute atomic E-state index is 0.0929. The molecule has 0 aromatic heterocycles. The van der Waals surface area contributed by atoms with Gasteiger partial charge in [0.2, 0.25) is 0 Å². The molecule has 7 heteroatoms. The summed E-state index contributed by atoms with van der Waals surface area (Å²) >= 11 is 3.09. The van der Waals surface area contributed by atoms with Crippen LogP contribution in [0.1, 0.15) is 10.4 Å². The fourth-order valence-corrected chi connectivity index (χ4v) is 2.38. The fraction of sp³-hybridized carbons (Fsp3) is 0.385. The Hall–Kier alpha value is -1.65. The van der Waals surface area contributed by atoms with E-state index < -0.39 is 17.8 Å². The van der Waals surface area contributed by atoms with E-state index in [1.165, 1.54) is 13.2 Å². The predicted molar refractivity (Wildman–Crippen MR) is 73.0 cm³/mol. The third kappa shape index (κ3) is 2.76. The minimum Gasteiger partial charge on any atom is -0.465 e. The third-order valence-corrected chi connectivity index (χ3v) is 3.64. The van der Waals surface area contributed by atoms with Gasteiger partial charge in [0.05, 0.1) is 42.1 Å². The number of anilines is 1. The van der Waals surface area contributed by atoms with Crippen LogP contribution in [0.2, 0.25) is 0 Å². The molecular formula is C13H12BrFN2O3. The van der Waals surface area contributed by atoms with Crippen LogP contribution in [0.5, 0.6) is 0 Å². The maximum Gasteiger partial charge on any atom is 0.340 e. The number of carbonyl (C=O) groups excluding carboxylic acids is 1. The highest BCUT2D eigenvalue weighted by molar-refractivity contribution is 9.10. The van der Waals surface area contributed by atoms with Gasteiger partial charge in [-0.05, 0) is 28.1 Å². The highest BCUT2D eigenvalue weighted by Crippen LogP contribution is 2.30. The number of halogens is 2. The van der Waals surface area contributed by atoms with E-state index in [0.717, 1.165) is 6.07 Å². The molecule has 20 heavy (non-hydrogen) atoms. The summed E-state index contributed by atoms with van der Waals surface area (Å²) in [6.07, 6.45) is 0. The third-order valence-electron chi connectivity index (χ3n) is 3.03. The molecule has 0 saturated carbocycles. The van der Waals surface area contributed by atoms with Crippen molar-refractivity contribution in [1.29, 1.82) is 5.26 Å².